The first kappa shape index (κ1) is 17.5. The zero-order valence-electron chi connectivity index (χ0n) is 13.1. The molecule has 0 bridgehead atoms. The van der Waals surface area contributed by atoms with Crippen molar-refractivity contribution < 1.29 is 23.0 Å². The standard InChI is InChI=1S/C18H17F2NO3/c1-23-14-10-16(19)15(17(20)11-14)8-5-9-21-18(22)24-12-13-6-3-2-4-7-13/h2-8,10-11H,9,12H2,1H3,(H,21,22). The van der Waals surface area contributed by atoms with Crippen molar-refractivity contribution in [3.05, 3.63) is 71.3 Å². The Morgan fingerprint density at radius 2 is 1.83 bits per heavy atom. The molecule has 0 saturated carbocycles. The summed E-state index contributed by atoms with van der Waals surface area (Å²) in [6, 6.07) is 11.4. The first-order valence-corrected chi connectivity index (χ1v) is 7.24. The third-order valence-corrected chi connectivity index (χ3v) is 3.15. The van der Waals surface area contributed by atoms with Crippen molar-refractivity contribution in [1.29, 1.82) is 0 Å². The van der Waals surface area contributed by atoms with E-state index >= 15 is 0 Å². The van der Waals surface area contributed by atoms with Crippen LogP contribution in [0.15, 0.2) is 48.5 Å². The van der Waals surface area contributed by atoms with Crippen molar-refractivity contribution in [3.8, 4) is 5.75 Å². The van der Waals surface area contributed by atoms with Gasteiger partial charge < -0.3 is 14.8 Å². The normalized spacial score (nSPS) is 10.6. The van der Waals surface area contributed by atoms with Gasteiger partial charge in [-0.2, -0.15) is 0 Å². The zero-order chi connectivity index (χ0) is 17.4. The number of hydrogen-bond acceptors (Lipinski definition) is 3. The van der Waals surface area contributed by atoms with Gasteiger partial charge in [-0.1, -0.05) is 42.5 Å². The lowest BCUT2D eigenvalue weighted by Crippen LogP contribution is -2.24. The number of carbonyl (C=O) groups is 1. The number of rotatable bonds is 6. The quantitative estimate of drug-likeness (QED) is 0.872. The zero-order valence-corrected chi connectivity index (χ0v) is 13.1. The topological polar surface area (TPSA) is 47.6 Å². The van der Waals surface area contributed by atoms with Crippen molar-refractivity contribution in [2.24, 2.45) is 0 Å². The summed E-state index contributed by atoms with van der Waals surface area (Å²) >= 11 is 0. The van der Waals surface area contributed by atoms with E-state index in [0.717, 1.165) is 17.7 Å². The van der Waals surface area contributed by atoms with Gasteiger partial charge in [0.1, 0.15) is 24.0 Å². The molecule has 0 aromatic heterocycles. The average molecular weight is 333 g/mol. The van der Waals surface area contributed by atoms with Crippen LogP contribution in [-0.4, -0.2) is 19.7 Å². The van der Waals surface area contributed by atoms with Gasteiger partial charge in [0.2, 0.25) is 0 Å². The van der Waals surface area contributed by atoms with E-state index in [9.17, 15) is 13.6 Å². The van der Waals surface area contributed by atoms with E-state index in [0.29, 0.717) is 0 Å². The molecule has 24 heavy (non-hydrogen) atoms. The molecular formula is C18H17F2NO3. The van der Waals surface area contributed by atoms with Gasteiger partial charge in [0, 0.05) is 24.2 Å². The number of methoxy groups -OCH3 is 1. The van der Waals surface area contributed by atoms with E-state index in [1.807, 2.05) is 30.3 Å². The molecule has 2 aromatic carbocycles. The van der Waals surface area contributed by atoms with Crippen LogP contribution in [0.3, 0.4) is 0 Å². The number of alkyl carbamates (subject to hydrolysis) is 1. The fourth-order valence-corrected chi connectivity index (χ4v) is 1.93. The Balaban J connectivity index is 1.81. The van der Waals surface area contributed by atoms with Gasteiger partial charge in [0.05, 0.1) is 7.11 Å². The van der Waals surface area contributed by atoms with E-state index in [-0.39, 0.29) is 24.5 Å². The number of benzene rings is 2. The fraction of sp³-hybridized carbons (Fsp3) is 0.167. The van der Waals surface area contributed by atoms with Gasteiger partial charge in [-0.15, -0.1) is 0 Å². The SMILES string of the molecule is COc1cc(F)c(C=CCNC(=O)OCc2ccccc2)c(F)c1. The molecule has 0 spiro atoms. The number of hydrogen-bond donors (Lipinski definition) is 1. The number of carbonyl (C=O) groups excluding carboxylic acids is 1. The van der Waals surface area contributed by atoms with Crippen LogP contribution in [0.25, 0.3) is 6.08 Å². The monoisotopic (exact) mass is 333 g/mol. The molecule has 126 valence electrons. The maximum atomic E-state index is 13.7. The van der Waals surface area contributed by atoms with Crippen LogP contribution >= 0.6 is 0 Å². The van der Waals surface area contributed by atoms with Crippen molar-refractivity contribution in [3.63, 3.8) is 0 Å². The molecule has 4 nitrogen and oxygen atoms in total. The minimum Gasteiger partial charge on any atom is -0.497 e. The Kier molecular flexibility index (Phi) is 6.31. The average Bonchev–Trinajstić information content (AvgIpc) is 2.59. The maximum Gasteiger partial charge on any atom is 0.407 e. The Bertz CT molecular complexity index is 694. The molecule has 0 aliphatic carbocycles. The van der Waals surface area contributed by atoms with Crippen LogP contribution in [-0.2, 0) is 11.3 Å². The van der Waals surface area contributed by atoms with E-state index in [4.69, 9.17) is 9.47 Å². The van der Waals surface area contributed by atoms with Crippen molar-refractivity contribution in [2.45, 2.75) is 6.61 Å². The second-order valence-corrected chi connectivity index (χ2v) is 4.85. The predicted octanol–water partition coefficient (Wildman–Crippen LogP) is 3.91. The molecule has 0 aliphatic rings. The number of halogens is 2. The van der Waals surface area contributed by atoms with E-state index in [2.05, 4.69) is 5.32 Å². The van der Waals surface area contributed by atoms with Gasteiger partial charge in [-0.25, -0.2) is 13.6 Å². The third-order valence-electron chi connectivity index (χ3n) is 3.15. The van der Waals surface area contributed by atoms with Crippen LogP contribution in [0.4, 0.5) is 13.6 Å². The highest BCUT2D eigenvalue weighted by Gasteiger charge is 2.08. The lowest BCUT2D eigenvalue weighted by atomic mass is 10.1. The van der Waals surface area contributed by atoms with Crippen LogP contribution < -0.4 is 10.1 Å². The highest BCUT2D eigenvalue weighted by Crippen LogP contribution is 2.21. The van der Waals surface area contributed by atoms with Crippen LogP contribution in [0.2, 0.25) is 0 Å². The van der Waals surface area contributed by atoms with Crippen LogP contribution in [0.5, 0.6) is 5.75 Å². The second-order valence-electron chi connectivity index (χ2n) is 4.85. The minimum absolute atomic E-state index is 0.0819. The molecule has 2 aromatic rings. The molecule has 0 atom stereocenters. The van der Waals surface area contributed by atoms with E-state index in [1.54, 1.807) is 0 Å². The lowest BCUT2D eigenvalue weighted by Gasteiger charge is -2.06. The third kappa shape index (κ3) is 5.08. The Morgan fingerprint density at radius 3 is 2.46 bits per heavy atom. The van der Waals surface area contributed by atoms with E-state index < -0.39 is 17.7 Å². The molecule has 0 unspecified atom stereocenters. The van der Waals surface area contributed by atoms with Crippen molar-refractivity contribution in [1.82, 2.24) is 5.32 Å². The highest BCUT2D eigenvalue weighted by atomic mass is 19.1. The second kappa shape index (κ2) is 8.67. The number of amides is 1. The summed E-state index contributed by atoms with van der Waals surface area (Å²) in [5.74, 6) is -1.38. The van der Waals surface area contributed by atoms with Gasteiger partial charge >= 0.3 is 6.09 Å². The van der Waals surface area contributed by atoms with E-state index in [1.165, 1.54) is 19.3 Å². The summed E-state index contributed by atoms with van der Waals surface area (Å²) in [4.78, 5) is 11.5. The van der Waals surface area contributed by atoms with Crippen LogP contribution in [0.1, 0.15) is 11.1 Å². The molecule has 1 amide bonds. The molecule has 2 rings (SSSR count). The fourth-order valence-electron chi connectivity index (χ4n) is 1.93. The molecule has 0 radical (unpaired) electrons. The van der Waals surface area contributed by atoms with Crippen molar-refractivity contribution >= 4 is 12.2 Å². The summed E-state index contributed by atoms with van der Waals surface area (Å²) in [5.41, 5.74) is 0.667. The lowest BCUT2D eigenvalue weighted by molar-refractivity contribution is 0.141. The molecule has 0 heterocycles. The molecular weight excluding hydrogens is 316 g/mol. The molecule has 6 heteroatoms. The maximum absolute atomic E-state index is 13.7. The van der Waals surface area contributed by atoms with Gasteiger partial charge in [-0.3, -0.25) is 0 Å². The van der Waals surface area contributed by atoms with Gasteiger partial charge in [-0.05, 0) is 5.56 Å². The first-order chi connectivity index (χ1) is 11.6. The first-order valence-electron chi connectivity index (χ1n) is 7.24. The van der Waals surface area contributed by atoms with Gasteiger partial charge in [0.15, 0.2) is 0 Å². The molecule has 0 saturated heterocycles. The Morgan fingerprint density at radius 1 is 1.17 bits per heavy atom. The predicted molar refractivity (Wildman–Crippen MR) is 86.6 cm³/mol. The molecule has 0 aliphatic heterocycles. The molecule has 1 N–H and O–H groups in total. The summed E-state index contributed by atoms with van der Waals surface area (Å²) in [6.07, 6.45) is 2.07. The highest BCUT2D eigenvalue weighted by molar-refractivity contribution is 5.67. The summed E-state index contributed by atoms with van der Waals surface area (Å²) in [5, 5.41) is 2.47. The Hall–Kier alpha value is -2.89. The van der Waals surface area contributed by atoms with Crippen LogP contribution in [0, 0.1) is 11.6 Å². The van der Waals surface area contributed by atoms with Crippen molar-refractivity contribution in [2.75, 3.05) is 13.7 Å². The van der Waals surface area contributed by atoms with Gasteiger partial charge in [0.25, 0.3) is 0 Å². The summed E-state index contributed by atoms with van der Waals surface area (Å²) in [7, 11) is 1.33. The Labute approximate surface area is 138 Å². The smallest absolute Gasteiger partial charge is 0.407 e. The summed E-state index contributed by atoms with van der Waals surface area (Å²) in [6.45, 7) is 0.233. The minimum atomic E-state index is -0.741. The largest absolute Gasteiger partial charge is 0.497 e. The molecule has 0 fully saturated rings. The number of nitrogens with one attached hydrogen (secondary N) is 1. The number of ether oxygens (including phenoxy) is 2. The summed E-state index contributed by atoms with van der Waals surface area (Å²) < 4.78 is 37.2.